The van der Waals surface area contributed by atoms with E-state index in [1.54, 1.807) is 0 Å². The highest BCUT2D eigenvalue weighted by atomic mass is 35.5. The summed E-state index contributed by atoms with van der Waals surface area (Å²) in [4.78, 5) is 0. The van der Waals surface area contributed by atoms with Crippen molar-refractivity contribution in [2.75, 3.05) is 0 Å². The van der Waals surface area contributed by atoms with Crippen molar-refractivity contribution in [1.82, 2.24) is 0 Å². The lowest BCUT2D eigenvalue weighted by atomic mass is 9.84. The zero-order valence-corrected chi connectivity index (χ0v) is 9.64. The molecule has 0 saturated heterocycles. The molecule has 0 radical (unpaired) electrons. The molecule has 1 unspecified atom stereocenters. The van der Waals surface area contributed by atoms with E-state index in [2.05, 4.69) is 38.1 Å². The molecule has 0 nitrogen and oxygen atoms in total. The lowest BCUT2D eigenvalue weighted by molar-refractivity contribution is 0.313. The van der Waals surface area contributed by atoms with Crippen molar-refractivity contribution in [2.45, 2.75) is 38.5 Å². The molecule has 1 aliphatic carbocycles. The number of alkyl halides is 1. The van der Waals surface area contributed by atoms with E-state index in [1.165, 1.54) is 24.0 Å². The fourth-order valence-corrected chi connectivity index (χ4v) is 2.87. The highest BCUT2D eigenvalue weighted by Crippen LogP contribution is 2.42. The Morgan fingerprint density at radius 1 is 1.29 bits per heavy atom. The fraction of sp³-hybridized carbons (Fsp3) is 0.538. The third-order valence-electron chi connectivity index (χ3n) is 3.20. The Bertz CT molecular complexity index is 328. The summed E-state index contributed by atoms with van der Waals surface area (Å²) >= 11 is 6.44. The molecular weight excluding hydrogens is 192 g/mol. The number of hydrogen-bond acceptors (Lipinski definition) is 0. The molecule has 1 atom stereocenters. The Morgan fingerprint density at radius 2 is 2.00 bits per heavy atom. The van der Waals surface area contributed by atoms with Crippen LogP contribution in [0.15, 0.2) is 24.3 Å². The standard InChI is InChI=1S/C13H17Cl/c1-13(2)8-7-10-5-3-4-6-11(10)12(14)9-13/h3-6,12H,7-9H2,1-2H3. The average molecular weight is 209 g/mol. The molecule has 1 aromatic rings. The van der Waals surface area contributed by atoms with Crippen LogP contribution < -0.4 is 0 Å². The lowest BCUT2D eigenvalue weighted by Crippen LogP contribution is -2.11. The largest absolute Gasteiger partial charge is 0.118 e. The second-order valence-electron chi connectivity index (χ2n) is 5.03. The van der Waals surface area contributed by atoms with Crippen molar-refractivity contribution < 1.29 is 0 Å². The maximum absolute atomic E-state index is 6.44. The van der Waals surface area contributed by atoms with Gasteiger partial charge in [0.25, 0.3) is 0 Å². The first kappa shape index (κ1) is 10.0. The van der Waals surface area contributed by atoms with Gasteiger partial charge in [-0.1, -0.05) is 38.1 Å². The highest BCUT2D eigenvalue weighted by Gasteiger charge is 2.27. The molecule has 0 spiro atoms. The molecule has 14 heavy (non-hydrogen) atoms. The van der Waals surface area contributed by atoms with Gasteiger partial charge in [0.2, 0.25) is 0 Å². The summed E-state index contributed by atoms with van der Waals surface area (Å²) in [6.45, 7) is 4.63. The highest BCUT2D eigenvalue weighted by molar-refractivity contribution is 6.21. The van der Waals surface area contributed by atoms with E-state index in [9.17, 15) is 0 Å². The first-order valence-corrected chi connectivity index (χ1v) is 5.74. The van der Waals surface area contributed by atoms with Gasteiger partial charge in [0.05, 0.1) is 5.38 Å². The molecular formula is C13H17Cl. The SMILES string of the molecule is CC1(C)CCc2ccccc2C(Cl)C1. The van der Waals surface area contributed by atoms with Crippen LogP contribution in [0.1, 0.15) is 43.2 Å². The normalized spacial score (nSPS) is 25.2. The average Bonchev–Trinajstić information content (AvgIpc) is 2.24. The van der Waals surface area contributed by atoms with E-state index in [-0.39, 0.29) is 5.38 Å². The maximum atomic E-state index is 6.44. The molecule has 0 heterocycles. The lowest BCUT2D eigenvalue weighted by Gasteiger charge is -2.23. The van der Waals surface area contributed by atoms with Crippen LogP contribution in [0.25, 0.3) is 0 Å². The second-order valence-corrected chi connectivity index (χ2v) is 5.56. The molecule has 0 N–H and O–H groups in total. The molecule has 2 rings (SSSR count). The minimum Gasteiger partial charge on any atom is -0.118 e. The van der Waals surface area contributed by atoms with E-state index in [0.717, 1.165) is 6.42 Å². The molecule has 0 bridgehead atoms. The van der Waals surface area contributed by atoms with Gasteiger partial charge in [-0.15, -0.1) is 11.6 Å². The molecule has 76 valence electrons. The zero-order chi connectivity index (χ0) is 10.2. The Morgan fingerprint density at radius 3 is 2.79 bits per heavy atom. The third-order valence-corrected chi connectivity index (χ3v) is 3.58. The quantitative estimate of drug-likeness (QED) is 0.440. The fourth-order valence-electron chi connectivity index (χ4n) is 2.24. The Balaban J connectivity index is 2.36. The van der Waals surface area contributed by atoms with Crippen molar-refractivity contribution >= 4 is 11.6 Å². The van der Waals surface area contributed by atoms with Gasteiger partial charge < -0.3 is 0 Å². The molecule has 1 aromatic carbocycles. The first-order chi connectivity index (χ1) is 6.58. The van der Waals surface area contributed by atoms with Gasteiger partial charge in [-0.3, -0.25) is 0 Å². The molecule has 0 aromatic heterocycles. The monoisotopic (exact) mass is 208 g/mol. The summed E-state index contributed by atoms with van der Waals surface area (Å²) in [5, 5.41) is 0.198. The van der Waals surface area contributed by atoms with Crippen molar-refractivity contribution in [3.63, 3.8) is 0 Å². The van der Waals surface area contributed by atoms with E-state index in [4.69, 9.17) is 11.6 Å². The number of halogens is 1. The number of fused-ring (bicyclic) bond motifs is 1. The van der Waals surface area contributed by atoms with E-state index >= 15 is 0 Å². The van der Waals surface area contributed by atoms with E-state index in [0.29, 0.717) is 5.41 Å². The molecule has 0 amide bonds. The van der Waals surface area contributed by atoms with Crippen LogP contribution in [-0.2, 0) is 6.42 Å². The van der Waals surface area contributed by atoms with Crippen molar-refractivity contribution in [3.8, 4) is 0 Å². The molecule has 0 saturated carbocycles. The summed E-state index contributed by atoms with van der Waals surface area (Å²) in [5.74, 6) is 0. The number of hydrogen-bond donors (Lipinski definition) is 0. The third kappa shape index (κ3) is 1.95. The zero-order valence-electron chi connectivity index (χ0n) is 8.89. The Labute approximate surface area is 91.3 Å². The van der Waals surface area contributed by atoms with Gasteiger partial charge in [0.15, 0.2) is 0 Å². The number of aryl methyl sites for hydroxylation is 1. The predicted octanol–water partition coefficient (Wildman–Crippen LogP) is 4.33. The van der Waals surface area contributed by atoms with Crippen LogP contribution in [0.2, 0.25) is 0 Å². The van der Waals surface area contributed by atoms with Crippen molar-refractivity contribution in [3.05, 3.63) is 35.4 Å². The maximum Gasteiger partial charge on any atom is 0.0593 e. The topological polar surface area (TPSA) is 0 Å². The van der Waals surface area contributed by atoms with E-state index < -0.39 is 0 Å². The number of rotatable bonds is 0. The predicted molar refractivity (Wildman–Crippen MR) is 61.8 cm³/mol. The summed E-state index contributed by atoms with van der Waals surface area (Å²) in [7, 11) is 0. The van der Waals surface area contributed by atoms with E-state index in [1.807, 2.05) is 0 Å². The second kappa shape index (κ2) is 3.58. The molecule has 0 fully saturated rings. The summed E-state index contributed by atoms with van der Waals surface area (Å²) in [6, 6.07) is 8.59. The van der Waals surface area contributed by atoms with Gasteiger partial charge in [0.1, 0.15) is 0 Å². The van der Waals surface area contributed by atoms with Crippen LogP contribution in [0.4, 0.5) is 0 Å². The summed E-state index contributed by atoms with van der Waals surface area (Å²) < 4.78 is 0. The van der Waals surface area contributed by atoms with Crippen LogP contribution >= 0.6 is 11.6 Å². The van der Waals surface area contributed by atoms with Crippen molar-refractivity contribution in [1.29, 1.82) is 0 Å². The molecule has 1 heteroatoms. The van der Waals surface area contributed by atoms with Gasteiger partial charge in [-0.2, -0.15) is 0 Å². The Hall–Kier alpha value is -0.490. The summed E-state index contributed by atoms with van der Waals surface area (Å²) in [6.07, 6.45) is 3.51. The minimum atomic E-state index is 0.198. The van der Waals surface area contributed by atoms with Crippen LogP contribution in [0.5, 0.6) is 0 Å². The van der Waals surface area contributed by atoms with Crippen LogP contribution in [0.3, 0.4) is 0 Å². The van der Waals surface area contributed by atoms with Gasteiger partial charge in [-0.25, -0.2) is 0 Å². The summed E-state index contributed by atoms with van der Waals surface area (Å²) in [5.41, 5.74) is 3.17. The van der Waals surface area contributed by atoms with Crippen molar-refractivity contribution in [2.24, 2.45) is 5.41 Å². The molecule has 1 aliphatic rings. The first-order valence-electron chi connectivity index (χ1n) is 5.30. The van der Waals surface area contributed by atoms with Crippen LogP contribution in [-0.4, -0.2) is 0 Å². The van der Waals surface area contributed by atoms with Crippen LogP contribution in [0, 0.1) is 5.41 Å². The van der Waals surface area contributed by atoms with Gasteiger partial charge >= 0.3 is 0 Å². The molecule has 0 aliphatic heterocycles. The van der Waals surface area contributed by atoms with Gasteiger partial charge in [0, 0.05) is 0 Å². The smallest absolute Gasteiger partial charge is 0.0593 e. The minimum absolute atomic E-state index is 0.198. The number of benzene rings is 1. The Kier molecular flexibility index (Phi) is 2.57. The van der Waals surface area contributed by atoms with Gasteiger partial charge in [-0.05, 0) is 35.8 Å².